The first-order chi connectivity index (χ1) is 7.85. The molecule has 0 bridgehead atoms. The summed E-state index contributed by atoms with van der Waals surface area (Å²) in [7, 11) is 1.63. The largest absolute Gasteiger partial charge is 0.497 e. The van der Waals surface area contributed by atoms with Crippen LogP contribution in [0.4, 0.5) is 0 Å². The number of ether oxygens (including phenoxy) is 1. The van der Waals surface area contributed by atoms with Gasteiger partial charge < -0.3 is 9.72 Å². The van der Waals surface area contributed by atoms with Crippen LogP contribution in [0.3, 0.4) is 0 Å². The molecule has 2 rings (SSSR count). The second-order valence-corrected chi connectivity index (χ2v) is 3.46. The molecule has 1 heterocycles. The van der Waals surface area contributed by atoms with Crippen molar-refractivity contribution in [2.24, 2.45) is 0 Å². The molecule has 0 radical (unpaired) electrons. The van der Waals surface area contributed by atoms with E-state index >= 15 is 0 Å². The van der Waals surface area contributed by atoms with E-state index in [9.17, 15) is 5.26 Å². The monoisotopic (exact) mass is 212 g/mol. The van der Waals surface area contributed by atoms with Gasteiger partial charge in [-0.05, 0) is 29.8 Å². The fourth-order valence-corrected chi connectivity index (χ4v) is 1.64. The van der Waals surface area contributed by atoms with Crippen molar-refractivity contribution in [3.8, 4) is 11.8 Å². The Kier molecular flexibility index (Phi) is 2.93. The predicted molar refractivity (Wildman–Crippen MR) is 61.2 cm³/mol. The first-order valence-electron chi connectivity index (χ1n) is 5.02. The molecule has 0 fully saturated rings. The van der Waals surface area contributed by atoms with Gasteiger partial charge in [-0.1, -0.05) is 12.1 Å². The number of aromatic amines is 1. The second-order valence-electron chi connectivity index (χ2n) is 3.46. The van der Waals surface area contributed by atoms with Crippen LogP contribution < -0.4 is 4.74 Å². The number of nitriles is 1. The van der Waals surface area contributed by atoms with Crippen molar-refractivity contribution in [2.75, 3.05) is 7.11 Å². The molecule has 0 aliphatic heterocycles. The quantitative estimate of drug-likeness (QED) is 0.850. The molecule has 0 spiro atoms. The van der Waals surface area contributed by atoms with E-state index in [1.54, 1.807) is 7.11 Å². The lowest BCUT2D eigenvalue weighted by Crippen LogP contribution is -1.98. The van der Waals surface area contributed by atoms with E-state index in [1.165, 1.54) is 0 Å². The fourth-order valence-electron chi connectivity index (χ4n) is 1.64. The molecular formula is C13H12N2O. The summed E-state index contributed by atoms with van der Waals surface area (Å²) >= 11 is 0. The highest BCUT2D eigenvalue weighted by atomic mass is 16.5. The van der Waals surface area contributed by atoms with Crippen LogP contribution in [-0.4, -0.2) is 12.1 Å². The number of nitrogens with zero attached hydrogens (tertiary/aromatic N) is 1. The number of aromatic nitrogens is 1. The number of hydrogen-bond donors (Lipinski definition) is 1. The van der Waals surface area contributed by atoms with Crippen molar-refractivity contribution in [1.29, 1.82) is 5.26 Å². The highest BCUT2D eigenvalue weighted by Crippen LogP contribution is 2.24. The van der Waals surface area contributed by atoms with Gasteiger partial charge in [0.25, 0.3) is 0 Å². The van der Waals surface area contributed by atoms with Crippen LogP contribution in [0.15, 0.2) is 42.6 Å². The van der Waals surface area contributed by atoms with E-state index in [0.29, 0.717) is 0 Å². The molecular weight excluding hydrogens is 200 g/mol. The molecule has 0 saturated heterocycles. The third-order valence-electron chi connectivity index (χ3n) is 2.51. The highest BCUT2D eigenvalue weighted by molar-refractivity contribution is 5.37. The van der Waals surface area contributed by atoms with Crippen LogP contribution in [0.1, 0.15) is 17.2 Å². The van der Waals surface area contributed by atoms with E-state index in [2.05, 4.69) is 11.1 Å². The molecule has 0 amide bonds. The van der Waals surface area contributed by atoms with Gasteiger partial charge in [0.1, 0.15) is 11.7 Å². The molecule has 0 saturated carbocycles. The molecule has 3 heteroatoms. The number of rotatable bonds is 3. The Morgan fingerprint density at radius 1 is 1.25 bits per heavy atom. The average Bonchev–Trinajstić information content (AvgIpc) is 2.85. The van der Waals surface area contributed by atoms with Gasteiger partial charge >= 0.3 is 0 Å². The summed E-state index contributed by atoms with van der Waals surface area (Å²) in [6.45, 7) is 0. The lowest BCUT2D eigenvalue weighted by molar-refractivity contribution is 0.414. The molecule has 1 N–H and O–H groups in total. The van der Waals surface area contributed by atoms with Crippen molar-refractivity contribution in [3.05, 3.63) is 53.9 Å². The van der Waals surface area contributed by atoms with Crippen LogP contribution >= 0.6 is 0 Å². The number of benzene rings is 1. The Hall–Kier alpha value is -2.21. The SMILES string of the molecule is COc1ccc(C(C#N)c2ccc[nH]2)cc1. The summed E-state index contributed by atoms with van der Waals surface area (Å²) in [5.41, 5.74) is 1.87. The number of nitrogens with one attached hydrogen (secondary N) is 1. The maximum Gasteiger partial charge on any atom is 0.118 e. The standard InChI is InChI=1S/C13H12N2O/c1-16-11-6-4-10(5-7-11)12(9-14)13-3-2-8-15-13/h2-8,12,15H,1H3. The first-order valence-corrected chi connectivity index (χ1v) is 5.02. The molecule has 16 heavy (non-hydrogen) atoms. The topological polar surface area (TPSA) is 48.8 Å². The van der Waals surface area contributed by atoms with E-state index < -0.39 is 0 Å². The molecule has 3 nitrogen and oxygen atoms in total. The number of methoxy groups -OCH3 is 1. The summed E-state index contributed by atoms with van der Waals surface area (Å²) < 4.78 is 5.08. The Balaban J connectivity index is 2.31. The van der Waals surface area contributed by atoms with Crippen LogP contribution in [0, 0.1) is 11.3 Å². The summed E-state index contributed by atoms with van der Waals surface area (Å²) in [5.74, 6) is 0.549. The molecule has 1 aromatic heterocycles. The minimum Gasteiger partial charge on any atom is -0.497 e. The van der Waals surface area contributed by atoms with Gasteiger partial charge in [-0.15, -0.1) is 0 Å². The molecule has 2 aromatic rings. The Morgan fingerprint density at radius 2 is 2.00 bits per heavy atom. The average molecular weight is 212 g/mol. The smallest absolute Gasteiger partial charge is 0.118 e. The molecule has 80 valence electrons. The van der Waals surface area contributed by atoms with Crippen molar-refractivity contribution in [2.45, 2.75) is 5.92 Å². The molecule has 0 aliphatic carbocycles. The van der Waals surface area contributed by atoms with Gasteiger partial charge in [-0.3, -0.25) is 0 Å². The maximum atomic E-state index is 9.18. The van der Waals surface area contributed by atoms with Crippen LogP contribution in [0.2, 0.25) is 0 Å². The Morgan fingerprint density at radius 3 is 2.50 bits per heavy atom. The third-order valence-corrected chi connectivity index (χ3v) is 2.51. The van der Waals surface area contributed by atoms with Crippen molar-refractivity contribution >= 4 is 0 Å². The second kappa shape index (κ2) is 4.54. The van der Waals surface area contributed by atoms with Crippen molar-refractivity contribution in [1.82, 2.24) is 4.98 Å². The first kappa shape index (κ1) is 10.3. The fraction of sp³-hybridized carbons (Fsp3) is 0.154. The lowest BCUT2D eigenvalue weighted by atomic mass is 9.97. The van der Waals surface area contributed by atoms with E-state index in [-0.39, 0.29) is 5.92 Å². The summed E-state index contributed by atoms with van der Waals surface area (Å²) in [6, 6.07) is 13.6. The minimum atomic E-state index is -0.249. The van der Waals surface area contributed by atoms with Gasteiger partial charge in [0.2, 0.25) is 0 Å². The maximum absolute atomic E-state index is 9.18. The van der Waals surface area contributed by atoms with E-state index in [1.807, 2.05) is 42.6 Å². The lowest BCUT2D eigenvalue weighted by Gasteiger charge is -2.08. The Labute approximate surface area is 94.3 Å². The van der Waals surface area contributed by atoms with E-state index in [4.69, 9.17) is 4.74 Å². The highest BCUT2D eigenvalue weighted by Gasteiger charge is 2.13. The number of hydrogen-bond acceptors (Lipinski definition) is 2. The summed E-state index contributed by atoms with van der Waals surface area (Å²) in [6.07, 6.45) is 1.82. The van der Waals surface area contributed by atoms with Crippen molar-refractivity contribution in [3.63, 3.8) is 0 Å². The molecule has 0 aliphatic rings. The molecule has 1 atom stereocenters. The Bertz CT molecular complexity index is 480. The minimum absolute atomic E-state index is 0.249. The van der Waals surface area contributed by atoms with Crippen molar-refractivity contribution < 1.29 is 4.74 Å². The predicted octanol–water partition coefficient (Wildman–Crippen LogP) is 2.68. The zero-order chi connectivity index (χ0) is 11.4. The van der Waals surface area contributed by atoms with Crippen LogP contribution in [0.5, 0.6) is 5.75 Å². The summed E-state index contributed by atoms with van der Waals surface area (Å²) in [4.78, 5) is 3.06. The van der Waals surface area contributed by atoms with Crippen LogP contribution in [-0.2, 0) is 0 Å². The summed E-state index contributed by atoms with van der Waals surface area (Å²) in [5, 5.41) is 9.18. The van der Waals surface area contributed by atoms with Gasteiger partial charge in [0, 0.05) is 11.9 Å². The normalized spacial score (nSPS) is 11.8. The van der Waals surface area contributed by atoms with Gasteiger partial charge in [0.05, 0.1) is 13.2 Å². The molecule has 1 aromatic carbocycles. The zero-order valence-corrected chi connectivity index (χ0v) is 8.97. The van der Waals surface area contributed by atoms with Crippen LogP contribution in [0.25, 0.3) is 0 Å². The van der Waals surface area contributed by atoms with Gasteiger partial charge in [0.15, 0.2) is 0 Å². The van der Waals surface area contributed by atoms with Gasteiger partial charge in [-0.2, -0.15) is 5.26 Å². The number of H-pyrrole nitrogens is 1. The third kappa shape index (κ3) is 1.91. The van der Waals surface area contributed by atoms with E-state index in [0.717, 1.165) is 17.0 Å². The zero-order valence-electron chi connectivity index (χ0n) is 8.97. The molecule has 1 unspecified atom stereocenters. The van der Waals surface area contributed by atoms with Gasteiger partial charge in [-0.25, -0.2) is 0 Å².